The smallest absolute Gasteiger partial charge is 0.123 e. The summed E-state index contributed by atoms with van der Waals surface area (Å²) in [6.45, 7) is 5.12. The number of nitrogens with one attached hydrogen (secondary N) is 1. The predicted molar refractivity (Wildman–Crippen MR) is 78.4 cm³/mol. The van der Waals surface area contributed by atoms with Gasteiger partial charge < -0.3 is 14.6 Å². The van der Waals surface area contributed by atoms with Crippen molar-refractivity contribution in [3.05, 3.63) is 53.3 Å². The fourth-order valence-corrected chi connectivity index (χ4v) is 2.24. The second kappa shape index (κ2) is 5.93. The molecule has 1 atom stereocenters. The number of benzene rings is 1. The van der Waals surface area contributed by atoms with E-state index in [0.717, 1.165) is 12.3 Å². The summed E-state index contributed by atoms with van der Waals surface area (Å²) in [5.41, 5.74) is 3.73. The van der Waals surface area contributed by atoms with Crippen LogP contribution in [-0.4, -0.2) is 11.7 Å². The molecule has 102 valence electrons. The first-order valence-electron chi connectivity index (χ1n) is 6.60. The number of hydrogen-bond donors (Lipinski definition) is 1. The summed E-state index contributed by atoms with van der Waals surface area (Å²) in [5.74, 6) is 0.942. The topological polar surface area (TPSA) is 26.2 Å². The number of ether oxygens (including phenoxy) is 1. The minimum atomic E-state index is 0.254. The molecule has 3 nitrogen and oxygen atoms in total. The Bertz CT molecular complexity index is 545. The van der Waals surface area contributed by atoms with Gasteiger partial charge in [-0.2, -0.15) is 0 Å². The quantitative estimate of drug-likeness (QED) is 0.891. The van der Waals surface area contributed by atoms with E-state index in [2.05, 4.69) is 61.2 Å². The monoisotopic (exact) mass is 258 g/mol. The Kier molecular flexibility index (Phi) is 4.27. The number of methoxy groups -OCH3 is 1. The largest absolute Gasteiger partial charge is 0.496 e. The average Bonchev–Trinajstić information content (AvgIpc) is 2.81. The minimum Gasteiger partial charge on any atom is -0.496 e. The van der Waals surface area contributed by atoms with Gasteiger partial charge in [-0.25, -0.2) is 0 Å². The Hall–Kier alpha value is -1.74. The molecule has 0 spiro atoms. The van der Waals surface area contributed by atoms with Crippen molar-refractivity contribution in [3.63, 3.8) is 0 Å². The molecule has 2 rings (SSSR count). The summed E-state index contributed by atoms with van der Waals surface area (Å²) in [6, 6.07) is 10.7. The molecule has 3 heteroatoms. The van der Waals surface area contributed by atoms with Crippen LogP contribution in [0.2, 0.25) is 0 Å². The lowest BCUT2D eigenvalue weighted by Gasteiger charge is -2.18. The first-order valence-corrected chi connectivity index (χ1v) is 6.60. The van der Waals surface area contributed by atoms with E-state index in [0.29, 0.717) is 0 Å². The summed E-state index contributed by atoms with van der Waals surface area (Å²) in [6.07, 6.45) is 2.06. The van der Waals surface area contributed by atoms with Crippen LogP contribution in [0.5, 0.6) is 5.75 Å². The highest BCUT2D eigenvalue weighted by atomic mass is 16.5. The van der Waals surface area contributed by atoms with E-state index < -0.39 is 0 Å². The highest BCUT2D eigenvalue weighted by Crippen LogP contribution is 2.26. The summed E-state index contributed by atoms with van der Waals surface area (Å²) in [7, 11) is 3.78. The van der Waals surface area contributed by atoms with Gasteiger partial charge in [0.05, 0.1) is 7.11 Å². The number of hydrogen-bond acceptors (Lipinski definition) is 2. The highest BCUT2D eigenvalue weighted by molar-refractivity contribution is 5.38. The van der Waals surface area contributed by atoms with Gasteiger partial charge >= 0.3 is 0 Å². The summed E-state index contributed by atoms with van der Waals surface area (Å²) < 4.78 is 7.57. The van der Waals surface area contributed by atoms with Crippen LogP contribution in [0.15, 0.2) is 36.5 Å². The second-order valence-electron chi connectivity index (χ2n) is 4.96. The SMILES string of the molecule is COc1ccc(C)cc1C(C)NCc1cccn1C. The first kappa shape index (κ1) is 13.7. The molecule has 0 aliphatic heterocycles. The molecule has 0 amide bonds. The molecule has 1 aromatic heterocycles. The van der Waals surface area contributed by atoms with Gasteiger partial charge in [0, 0.05) is 37.1 Å². The molecule has 0 aliphatic rings. The van der Waals surface area contributed by atoms with Crippen LogP contribution in [-0.2, 0) is 13.6 Å². The van der Waals surface area contributed by atoms with Gasteiger partial charge in [0.25, 0.3) is 0 Å². The van der Waals surface area contributed by atoms with E-state index in [4.69, 9.17) is 4.74 Å². The Morgan fingerprint density at radius 2 is 2.11 bits per heavy atom. The normalized spacial score (nSPS) is 12.4. The van der Waals surface area contributed by atoms with Crippen LogP contribution in [0.3, 0.4) is 0 Å². The van der Waals surface area contributed by atoms with Crippen LogP contribution in [0, 0.1) is 6.92 Å². The maximum atomic E-state index is 5.44. The molecule has 1 N–H and O–H groups in total. The lowest BCUT2D eigenvalue weighted by atomic mass is 10.0. The van der Waals surface area contributed by atoms with Crippen LogP contribution in [0.4, 0.5) is 0 Å². The zero-order valence-electron chi connectivity index (χ0n) is 12.1. The van der Waals surface area contributed by atoms with Crippen molar-refractivity contribution in [2.75, 3.05) is 7.11 Å². The molecular formula is C16H22N2O. The summed E-state index contributed by atoms with van der Waals surface area (Å²) in [4.78, 5) is 0. The van der Waals surface area contributed by atoms with Gasteiger partial charge in [0.1, 0.15) is 5.75 Å². The molecule has 19 heavy (non-hydrogen) atoms. The minimum absolute atomic E-state index is 0.254. The molecule has 0 aliphatic carbocycles. The van der Waals surface area contributed by atoms with E-state index in [1.807, 2.05) is 6.07 Å². The van der Waals surface area contributed by atoms with Crippen LogP contribution >= 0.6 is 0 Å². The Labute approximate surface area is 115 Å². The molecule has 0 radical (unpaired) electrons. The number of aryl methyl sites for hydroxylation is 2. The van der Waals surface area contributed by atoms with Gasteiger partial charge in [0.2, 0.25) is 0 Å². The number of nitrogens with zero attached hydrogens (tertiary/aromatic N) is 1. The molecule has 0 saturated carbocycles. The predicted octanol–water partition coefficient (Wildman–Crippen LogP) is 3.19. The number of aromatic nitrogens is 1. The zero-order chi connectivity index (χ0) is 13.8. The molecule has 0 fully saturated rings. The lowest BCUT2D eigenvalue weighted by Crippen LogP contribution is -2.20. The average molecular weight is 258 g/mol. The second-order valence-corrected chi connectivity index (χ2v) is 4.96. The molecule has 1 aromatic carbocycles. The maximum absolute atomic E-state index is 5.44. The van der Waals surface area contributed by atoms with Crippen molar-refractivity contribution in [2.24, 2.45) is 7.05 Å². The van der Waals surface area contributed by atoms with E-state index in [9.17, 15) is 0 Å². The third kappa shape index (κ3) is 3.18. The van der Waals surface area contributed by atoms with E-state index in [-0.39, 0.29) is 6.04 Å². The maximum Gasteiger partial charge on any atom is 0.123 e. The van der Waals surface area contributed by atoms with Crippen molar-refractivity contribution >= 4 is 0 Å². The molecule has 2 aromatic rings. The fraction of sp³-hybridized carbons (Fsp3) is 0.375. The molecule has 1 unspecified atom stereocenters. The van der Waals surface area contributed by atoms with Gasteiger partial charge in [-0.1, -0.05) is 17.7 Å². The van der Waals surface area contributed by atoms with Crippen molar-refractivity contribution < 1.29 is 4.74 Å². The Balaban J connectivity index is 2.09. The van der Waals surface area contributed by atoms with Gasteiger partial charge in [-0.15, -0.1) is 0 Å². The van der Waals surface area contributed by atoms with Crippen LogP contribution in [0.25, 0.3) is 0 Å². The summed E-state index contributed by atoms with van der Waals surface area (Å²) >= 11 is 0. The standard InChI is InChI=1S/C16H22N2O/c1-12-7-8-16(19-4)15(10-12)13(2)17-11-14-6-5-9-18(14)3/h5-10,13,17H,11H2,1-4H3. The Morgan fingerprint density at radius 1 is 1.32 bits per heavy atom. The van der Waals surface area contributed by atoms with E-state index in [1.54, 1.807) is 7.11 Å². The van der Waals surface area contributed by atoms with Gasteiger partial charge in [0.15, 0.2) is 0 Å². The van der Waals surface area contributed by atoms with Crippen molar-refractivity contribution in [3.8, 4) is 5.75 Å². The molecule has 0 bridgehead atoms. The lowest BCUT2D eigenvalue weighted by molar-refractivity contribution is 0.401. The third-order valence-corrected chi connectivity index (χ3v) is 3.49. The van der Waals surface area contributed by atoms with E-state index in [1.165, 1.54) is 16.8 Å². The van der Waals surface area contributed by atoms with Crippen molar-refractivity contribution in [1.29, 1.82) is 0 Å². The number of rotatable bonds is 5. The van der Waals surface area contributed by atoms with Gasteiger partial charge in [-0.3, -0.25) is 0 Å². The van der Waals surface area contributed by atoms with Crippen molar-refractivity contribution in [1.82, 2.24) is 9.88 Å². The highest BCUT2D eigenvalue weighted by Gasteiger charge is 2.11. The van der Waals surface area contributed by atoms with Crippen molar-refractivity contribution in [2.45, 2.75) is 26.4 Å². The van der Waals surface area contributed by atoms with E-state index >= 15 is 0 Å². The molecule has 1 heterocycles. The van der Waals surface area contributed by atoms with Crippen LogP contribution < -0.4 is 10.1 Å². The fourth-order valence-electron chi connectivity index (χ4n) is 2.24. The summed E-state index contributed by atoms with van der Waals surface area (Å²) in [5, 5.41) is 3.54. The Morgan fingerprint density at radius 3 is 2.74 bits per heavy atom. The van der Waals surface area contributed by atoms with Gasteiger partial charge in [-0.05, 0) is 32.0 Å². The van der Waals surface area contributed by atoms with Crippen LogP contribution in [0.1, 0.15) is 29.8 Å². The third-order valence-electron chi connectivity index (χ3n) is 3.49. The first-order chi connectivity index (χ1) is 9.11. The zero-order valence-corrected chi connectivity index (χ0v) is 12.1. The molecular weight excluding hydrogens is 236 g/mol. The molecule has 0 saturated heterocycles.